The Morgan fingerprint density at radius 1 is 1.19 bits per heavy atom. The number of nitrogen functional groups attached to an aromatic ring is 1. The molecule has 5 heteroatoms. The number of carbonyl (C=O) groups excluding carboxylic acids is 1. The minimum atomic E-state index is -0.428. The van der Waals surface area contributed by atoms with Crippen molar-refractivity contribution in [1.29, 1.82) is 0 Å². The third kappa shape index (κ3) is 2.78. The molecular weight excluding hydrogens is 335 g/mol. The second-order valence-corrected chi connectivity index (χ2v) is 5.99. The average Bonchev–Trinajstić information content (AvgIpc) is 2.48. The summed E-state index contributed by atoms with van der Waals surface area (Å²) in [5.41, 5.74) is 9.13. The van der Waals surface area contributed by atoms with Gasteiger partial charge in [0.25, 0.3) is 5.91 Å². The molecule has 0 radical (unpaired) electrons. The molecule has 0 aliphatic carbocycles. The van der Waals surface area contributed by atoms with Gasteiger partial charge in [0.1, 0.15) is 5.82 Å². The van der Waals surface area contributed by atoms with Crippen LogP contribution in [-0.4, -0.2) is 17.4 Å². The summed E-state index contributed by atoms with van der Waals surface area (Å²) in [5, 5.41) is 0. The van der Waals surface area contributed by atoms with E-state index in [-0.39, 0.29) is 5.91 Å². The smallest absolute Gasteiger partial charge is 0.254 e. The van der Waals surface area contributed by atoms with E-state index in [1.165, 1.54) is 11.6 Å². The molecule has 1 aliphatic heterocycles. The summed E-state index contributed by atoms with van der Waals surface area (Å²) < 4.78 is 13.9. The lowest BCUT2D eigenvalue weighted by molar-refractivity contribution is 0.0734. The number of halogens is 2. The third-order valence-electron chi connectivity index (χ3n) is 3.70. The van der Waals surface area contributed by atoms with Crippen LogP contribution in [0.3, 0.4) is 0 Å². The molecule has 0 atom stereocenters. The fraction of sp³-hybridized carbons (Fsp3) is 0.188. The molecule has 1 heterocycles. The van der Waals surface area contributed by atoms with Gasteiger partial charge in [0, 0.05) is 24.3 Å². The van der Waals surface area contributed by atoms with Gasteiger partial charge in [-0.25, -0.2) is 4.39 Å². The highest BCUT2D eigenvalue weighted by molar-refractivity contribution is 9.10. The molecule has 0 fully saturated rings. The SMILES string of the molecule is Nc1ccc2c(c1)CN(C(=O)c1ccc(Br)c(F)c1)CC2. The summed E-state index contributed by atoms with van der Waals surface area (Å²) in [6, 6.07) is 10.2. The minimum Gasteiger partial charge on any atom is -0.399 e. The highest BCUT2D eigenvalue weighted by Crippen LogP contribution is 2.24. The van der Waals surface area contributed by atoms with Crippen molar-refractivity contribution < 1.29 is 9.18 Å². The largest absolute Gasteiger partial charge is 0.399 e. The van der Waals surface area contributed by atoms with E-state index < -0.39 is 5.82 Å². The van der Waals surface area contributed by atoms with Gasteiger partial charge in [-0.1, -0.05) is 6.07 Å². The first-order chi connectivity index (χ1) is 10.0. The Morgan fingerprint density at radius 2 is 2.00 bits per heavy atom. The van der Waals surface area contributed by atoms with Crippen LogP contribution in [0.25, 0.3) is 0 Å². The highest BCUT2D eigenvalue weighted by Gasteiger charge is 2.22. The fourth-order valence-electron chi connectivity index (χ4n) is 2.56. The minimum absolute atomic E-state index is 0.158. The summed E-state index contributed by atoms with van der Waals surface area (Å²) >= 11 is 3.09. The summed E-state index contributed by atoms with van der Waals surface area (Å²) in [4.78, 5) is 14.2. The molecule has 0 bridgehead atoms. The van der Waals surface area contributed by atoms with Gasteiger partial charge < -0.3 is 10.6 Å². The molecule has 1 aliphatic rings. The maximum Gasteiger partial charge on any atom is 0.254 e. The number of carbonyl (C=O) groups is 1. The Bertz CT molecular complexity index is 717. The van der Waals surface area contributed by atoms with Crippen molar-refractivity contribution in [3.05, 3.63) is 63.4 Å². The Labute approximate surface area is 130 Å². The second kappa shape index (κ2) is 5.48. The van der Waals surface area contributed by atoms with Crippen LogP contribution in [-0.2, 0) is 13.0 Å². The van der Waals surface area contributed by atoms with Gasteiger partial charge in [-0.2, -0.15) is 0 Å². The van der Waals surface area contributed by atoms with E-state index in [2.05, 4.69) is 15.9 Å². The van der Waals surface area contributed by atoms with Crippen LogP contribution >= 0.6 is 15.9 Å². The van der Waals surface area contributed by atoms with Crippen LogP contribution in [0.2, 0.25) is 0 Å². The van der Waals surface area contributed by atoms with Gasteiger partial charge in [0.05, 0.1) is 4.47 Å². The molecule has 0 unspecified atom stereocenters. The van der Waals surface area contributed by atoms with E-state index in [9.17, 15) is 9.18 Å². The number of fused-ring (bicyclic) bond motifs is 1. The zero-order valence-corrected chi connectivity index (χ0v) is 12.9. The molecule has 21 heavy (non-hydrogen) atoms. The van der Waals surface area contributed by atoms with E-state index in [1.54, 1.807) is 17.0 Å². The molecule has 2 aromatic rings. The van der Waals surface area contributed by atoms with E-state index in [0.29, 0.717) is 28.8 Å². The maximum atomic E-state index is 13.6. The number of hydrogen-bond donors (Lipinski definition) is 1. The Morgan fingerprint density at radius 3 is 2.76 bits per heavy atom. The molecule has 2 N–H and O–H groups in total. The summed E-state index contributed by atoms with van der Waals surface area (Å²) in [6.45, 7) is 1.14. The molecular formula is C16H14BrFN2O. The zero-order valence-electron chi connectivity index (χ0n) is 11.3. The lowest BCUT2D eigenvalue weighted by Gasteiger charge is -2.29. The standard InChI is InChI=1S/C16H14BrFN2O/c17-14-4-2-11(8-15(14)18)16(21)20-6-5-10-1-3-13(19)7-12(10)9-20/h1-4,7-8H,5-6,9,19H2. The third-order valence-corrected chi connectivity index (χ3v) is 4.34. The Kier molecular flexibility index (Phi) is 3.68. The molecule has 3 nitrogen and oxygen atoms in total. The first kappa shape index (κ1) is 14.1. The Hall–Kier alpha value is -1.88. The Balaban J connectivity index is 1.85. The second-order valence-electron chi connectivity index (χ2n) is 5.13. The van der Waals surface area contributed by atoms with Crippen LogP contribution in [0.4, 0.5) is 10.1 Å². The van der Waals surface area contributed by atoms with Crippen LogP contribution in [0.5, 0.6) is 0 Å². The zero-order chi connectivity index (χ0) is 15.0. The van der Waals surface area contributed by atoms with Crippen molar-refractivity contribution in [1.82, 2.24) is 4.90 Å². The monoisotopic (exact) mass is 348 g/mol. The van der Waals surface area contributed by atoms with Crippen LogP contribution in [0, 0.1) is 5.82 Å². The summed E-state index contributed by atoms with van der Waals surface area (Å²) in [7, 11) is 0. The van der Waals surface area contributed by atoms with Crippen molar-refractivity contribution >= 4 is 27.5 Å². The van der Waals surface area contributed by atoms with Crippen LogP contribution < -0.4 is 5.73 Å². The van der Waals surface area contributed by atoms with Crippen molar-refractivity contribution in [2.75, 3.05) is 12.3 Å². The molecule has 0 spiro atoms. The molecule has 0 aromatic heterocycles. The average molecular weight is 349 g/mol. The first-order valence-electron chi connectivity index (χ1n) is 6.66. The van der Waals surface area contributed by atoms with E-state index in [4.69, 9.17) is 5.73 Å². The van der Waals surface area contributed by atoms with E-state index >= 15 is 0 Å². The molecule has 0 saturated carbocycles. The van der Waals surface area contributed by atoms with Crippen LogP contribution in [0.15, 0.2) is 40.9 Å². The van der Waals surface area contributed by atoms with Crippen molar-refractivity contribution in [2.45, 2.75) is 13.0 Å². The molecule has 2 aromatic carbocycles. The fourth-order valence-corrected chi connectivity index (χ4v) is 2.81. The van der Waals surface area contributed by atoms with E-state index in [1.807, 2.05) is 18.2 Å². The number of anilines is 1. The van der Waals surface area contributed by atoms with Gasteiger partial charge in [-0.05, 0) is 63.8 Å². The lowest BCUT2D eigenvalue weighted by Crippen LogP contribution is -2.36. The van der Waals surface area contributed by atoms with E-state index in [0.717, 1.165) is 12.0 Å². The molecule has 1 amide bonds. The number of hydrogen-bond acceptors (Lipinski definition) is 2. The summed E-state index contributed by atoms with van der Waals surface area (Å²) in [6.07, 6.45) is 0.792. The quantitative estimate of drug-likeness (QED) is 0.803. The van der Waals surface area contributed by atoms with Gasteiger partial charge in [0.15, 0.2) is 0 Å². The molecule has 3 rings (SSSR count). The van der Waals surface area contributed by atoms with Crippen molar-refractivity contribution in [3.63, 3.8) is 0 Å². The topological polar surface area (TPSA) is 46.3 Å². The van der Waals surface area contributed by atoms with Gasteiger partial charge in [-0.3, -0.25) is 4.79 Å². The molecule has 108 valence electrons. The predicted octanol–water partition coefficient (Wildman–Crippen LogP) is 3.37. The number of rotatable bonds is 1. The lowest BCUT2D eigenvalue weighted by atomic mass is 9.98. The number of nitrogens with zero attached hydrogens (tertiary/aromatic N) is 1. The number of nitrogens with two attached hydrogens (primary N) is 1. The van der Waals surface area contributed by atoms with Gasteiger partial charge >= 0.3 is 0 Å². The predicted molar refractivity (Wildman–Crippen MR) is 83.4 cm³/mol. The first-order valence-corrected chi connectivity index (χ1v) is 7.45. The van der Waals surface area contributed by atoms with Crippen molar-refractivity contribution in [3.8, 4) is 0 Å². The molecule has 0 saturated heterocycles. The number of benzene rings is 2. The van der Waals surface area contributed by atoms with Crippen molar-refractivity contribution in [2.24, 2.45) is 0 Å². The van der Waals surface area contributed by atoms with Crippen LogP contribution in [0.1, 0.15) is 21.5 Å². The summed E-state index contributed by atoms with van der Waals surface area (Å²) in [5.74, 6) is -0.586. The maximum absolute atomic E-state index is 13.6. The van der Waals surface area contributed by atoms with Gasteiger partial charge in [0.2, 0.25) is 0 Å². The van der Waals surface area contributed by atoms with Gasteiger partial charge in [-0.15, -0.1) is 0 Å². The normalized spacial score (nSPS) is 13.9. The number of amides is 1. The highest BCUT2D eigenvalue weighted by atomic mass is 79.9.